The number of nitrogens with two attached hydrogens (primary N) is 1. The average molecular weight is 170 g/mol. The number of aryl methyl sites for hydroxylation is 1. The maximum atomic E-state index is 5.28. The molecule has 1 heterocycles. The monoisotopic (exact) mass is 170 g/mol. The van der Waals surface area contributed by atoms with Crippen LogP contribution in [0.25, 0.3) is 0 Å². The van der Waals surface area contributed by atoms with Crippen molar-refractivity contribution in [1.29, 1.82) is 0 Å². The van der Waals surface area contributed by atoms with Gasteiger partial charge in [0.1, 0.15) is 18.9 Å². The standard InChI is InChI=1S/C8H16N3O/c1-10-3-4-11(8-10)5-7-12-6-2-9/h3-4,8H,2,5-7,9H2,1H3/q+1. The van der Waals surface area contributed by atoms with Gasteiger partial charge in [-0.1, -0.05) is 0 Å². The largest absolute Gasteiger partial charge is 0.376 e. The molecule has 12 heavy (non-hydrogen) atoms. The summed E-state index contributed by atoms with van der Waals surface area (Å²) in [6, 6.07) is 0. The summed E-state index contributed by atoms with van der Waals surface area (Å²) in [5.41, 5.74) is 5.28. The Labute approximate surface area is 72.6 Å². The Morgan fingerprint density at radius 2 is 2.33 bits per heavy atom. The molecule has 2 N–H and O–H groups in total. The fourth-order valence-corrected chi connectivity index (χ4v) is 0.989. The minimum absolute atomic E-state index is 0.597. The van der Waals surface area contributed by atoms with E-state index in [1.807, 2.05) is 30.3 Å². The first-order chi connectivity index (χ1) is 5.83. The first-order valence-corrected chi connectivity index (χ1v) is 4.12. The van der Waals surface area contributed by atoms with Gasteiger partial charge in [0.05, 0.1) is 20.3 Å². The van der Waals surface area contributed by atoms with Gasteiger partial charge in [0.25, 0.3) is 0 Å². The van der Waals surface area contributed by atoms with Gasteiger partial charge in [-0.2, -0.15) is 0 Å². The summed E-state index contributed by atoms with van der Waals surface area (Å²) in [6.07, 6.45) is 6.04. The van der Waals surface area contributed by atoms with Crippen molar-refractivity contribution in [2.45, 2.75) is 6.54 Å². The molecule has 0 aliphatic carbocycles. The van der Waals surface area contributed by atoms with Crippen molar-refractivity contribution in [2.24, 2.45) is 12.8 Å². The molecule has 0 unspecified atom stereocenters. The van der Waals surface area contributed by atoms with Crippen LogP contribution in [0.4, 0.5) is 0 Å². The van der Waals surface area contributed by atoms with E-state index in [-0.39, 0.29) is 0 Å². The van der Waals surface area contributed by atoms with E-state index in [9.17, 15) is 0 Å². The highest BCUT2D eigenvalue weighted by molar-refractivity contribution is 4.65. The van der Waals surface area contributed by atoms with Crippen molar-refractivity contribution < 1.29 is 9.30 Å². The highest BCUT2D eigenvalue weighted by Crippen LogP contribution is 1.84. The summed E-state index contributed by atoms with van der Waals surface area (Å²) < 4.78 is 9.32. The van der Waals surface area contributed by atoms with Crippen LogP contribution >= 0.6 is 0 Å². The molecule has 0 aliphatic heterocycles. The zero-order valence-electron chi connectivity index (χ0n) is 7.44. The Morgan fingerprint density at radius 3 is 2.92 bits per heavy atom. The van der Waals surface area contributed by atoms with Gasteiger partial charge in [0.2, 0.25) is 6.33 Å². The first kappa shape index (κ1) is 9.22. The summed E-state index contributed by atoms with van der Waals surface area (Å²) >= 11 is 0. The van der Waals surface area contributed by atoms with Crippen LogP contribution in [-0.4, -0.2) is 24.3 Å². The van der Waals surface area contributed by atoms with Crippen molar-refractivity contribution in [3.63, 3.8) is 0 Å². The Hall–Kier alpha value is -0.870. The molecular formula is C8H16N3O+. The molecule has 0 radical (unpaired) electrons. The van der Waals surface area contributed by atoms with Crippen molar-refractivity contribution in [2.75, 3.05) is 19.8 Å². The molecule has 0 bridgehead atoms. The fourth-order valence-electron chi connectivity index (χ4n) is 0.989. The molecule has 0 saturated heterocycles. The molecule has 0 aromatic carbocycles. The van der Waals surface area contributed by atoms with Gasteiger partial charge >= 0.3 is 0 Å². The summed E-state index contributed by atoms with van der Waals surface area (Å²) in [5.74, 6) is 0. The topological polar surface area (TPSA) is 44.1 Å². The quantitative estimate of drug-likeness (QED) is 0.468. The number of aromatic nitrogens is 2. The van der Waals surface area contributed by atoms with E-state index in [0.29, 0.717) is 13.2 Å². The maximum Gasteiger partial charge on any atom is 0.243 e. The number of hydrogen-bond acceptors (Lipinski definition) is 2. The second kappa shape index (κ2) is 4.90. The lowest BCUT2D eigenvalue weighted by molar-refractivity contribution is -0.671. The van der Waals surface area contributed by atoms with Crippen molar-refractivity contribution in [3.8, 4) is 0 Å². The van der Waals surface area contributed by atoms with E-state index in [1.165, 1.54) is 0 Å². The second-order valence-electron chi connectivity index (χ2n) is 2.72. The van der Waals surface area contributed by atoms with Crippen LogP contribution in [0, 0.1) is 0 Å². The molecule has 68 valence electrons. The first-order valence-electron chi connectivity index (χ1n) is 4.12. The van der Waals surface area contributed by atoms with Crippen LogP contribution in [0.2, 0.25) is 0 Å². The predicted molar refractivity (Wildman–Crippen MR) is 45.5 cm³/mol. The van der Waals surface area contributed by atoms with Crippen LogP contribution < -0.4 is 10.3 Å². The zero-order chi connectivity index (χ0) is 8.81. The molecule has 0 saturated carbocycles. The van der Waals surface area contributed by atoms with E-state index in [2.05, 4.69) is 4.57 Å². The van der Waals surface area contributed by atoms with Gasteiger partial charge in [-0.05, 0) is 0 Å². The van der Waals surface area contributed by atoms with Crippen LogP contribution in [-0.2, 0) is 18.3 Å². The average Bonchev–Trinajstić information content (AvgIpc) is 2.45. The molecule has 0 amide bonds. The SMILES string of the molecule is C[n+]1ccn(CCOCCN)c1. The van der Waals surface area contributed by atoms with Crippen molar-refractivity contribution in [1.82, 2.24) is 4.57 Å². The normalized spacial score (nSPS) is 10.5. The molecule has 0 fully saturated rings. The number of nitrogens with zero attached hydrogens (tertiary/aromatic N) is 2. The lowest BCUT2D eigenvalue weighted by atomic mass is 10.6. The third-order valence-corrected chi connectivity index (χ3v) is 1.58. The van der Waals surface area contributed by atoms with E-state index in [0.717, 1.165) is 13.2 Å². The minimum atomic E-state index is 0.597. The summed E-state index contributed by atoms with van der Waals surface area (Å²) in [4.78, 5) is 0. The molecule has 1 aromatic heterocycles. The highest BCUT2D eigenvalue weighted by Gasteiger charge is 1.98. The van der Waals surface area contributed by atoms with E-state index < -0.39 is 0 Å². The lowest BCUT2D eigenvalue weighted by Gasteiger charge is -1.98. The lowest BCUT2D eigenvalue weighted by Crippen LogP contribution is -2.24. The number of rotatable bonds is 5. The third kappa shape index (κ3) is 3.02. The Bertz CT molecular complexity index is 222. The van der Waals surface area contributed by atoms with E-state index in [1.54, 1.807) is 0 Å². The van der Waals surface area contributed by atoms with Crippen LogP contribution in [0.3, 0.4) is 0 Å². The fraction of sp³-hybridized carbons (Fsp3) is 0.625. The molecule has 4 heteroatoms. The summed E-state index contributed by atoms with van der Waals surface area (Å²) in [7, 11) is 2.00. The van der Waals surface area contributed by atoms with Gasteiger partial charge < -0.3 is 10.5 Å². The molecule has 4 nitrogen and oxygen atoms in total. The number of hydrogen-bond donors (Lipinski definition) is 1. The smallest absolute Gasteiger partial charge is 0.243 e. The minimum Gasteiger partial charge on any atom is -0.376 e. The molecule has 1 aromatic rings. The van der Waals surface area contributed by atoms with Gasteiger partial charge in [-0.25, -0.2) is 9.13 Å². The van der Waals surface area contributed by atoms with Gasteiger partial charge in [-0.3, -0.25) is 0 Å². The number of imidazole rings is 1. The molecule has 0 spiro atoms. The molecule has 0 atom stereocenters. The highest BCUT2D eigenvalue weighted by atomic mass is 16.5. The number of ether oxygens (including phenoxy) is 1. The van der Waals surface area contributed by atoms with Crippen molar-refractivity contribution >= 4 is 0 Å². The Kier molecular flexibility index (Phi) is 3.76. The molecule has 0 aliphatic rings. The Morgan fingerprint density at radius 1 is 1.50 bits per heavy atom. The molecular weight excluding hydrogens is 154 g/mol. The second-order valence-corrected chi connectivity index (χ2v) is 2.72. The Balaban J connectivity index is 2.15. The van der Waals surface area contributed by atoms with Crippen LogP contribution in [0.1, 0.15) is 0 Å². The van der Waals surface area contributed by atoms with Gasteiger partial charge in [-0.15, -0.1) is 0 Å². The maximum absolute atomic E-state index is 5.28. The van der Waals surface area contributed by atoms with Crippen LogP contribution in [0.5, 0.6) is 0 Å². The van der Waals surface area contributed by atoms with Gasteiger partial charge in [0, 0.05) is 6.54 Å². The van der Waals surface area contributed by atoms with Crippen LogP contribution in [0.15, 0.2) is 18.7 Å². The predicted octanol–water partition coefficient (Wildman–Crippen LogP) is -0.712. The molecule has 1 rings (SSSR count). The third-order valence-electron chi connectivity index (χ3n) is 1.58. The summed E-state index contributed by atoms with van der Waals surface area (Å²) in [5, 5.41) is 0. The van der Waals surface area contributed by atoms with E-state index in [4.69, 9.17) is 10.5 Å². The zero-order valence-corrected chi connectivity index (χ0v) is 7.44. The summed E-state index contributed by atoms with van der Waals surface area (Å²) in [6.45, 7) is 2.86. The van der Waals surface area contributed by atoms with Gasteiger partial charge in [0.15, 0.2) is 0 Å². The van der Waals surface area contributed by atoms with E-state index >= 15 is 0 Å². The van der Waals surface area contributed by atoms with Crippen molar-refractivity contribution in [3.05, 3.63) is 18.7 Å².